The molecule has 150 valence electrons. The Morgan fingerprint density at radius 3 is 2.96 bits per heavy atom. The van der Waals surface area contributed by atoms with Crippen molar-refractivity contribution in [1.82, 2.24) is 15.3 Å². The number of carbonyl (C=O) groups is 2. The van der Waals surface area contributed by atoms with Crippen LogP contribution < -0.4 is 15.5 Å². The molecule has 0 saturated carbocycles. The van der Waals surface area contributed by atoms with Gasteiger partial charge in [-0.05, 0) is 41.6 Å². The minimum absolute atomic E-state index is 0.148. The molecule has 2 aromatic heterocycles. The van der Waals surface area contributed by atoms with Crippen LogP contribution in [0.2, 0.25) is 0 Å². The first-order chi connectivity index (χ1) is 13.5. The van der Waals surface area contributed by atoms with Crippen LogP contribution in [0.5, 0.6) is 0 Å². The molecule has 4 rings (SSSR count). The number of H-pyrrole nitrogens is 1. The van der Waals surface area contributed by atoms with Crippen LogP contribution in [0.25, 0.3) is 11.0 Å². The van der Waals surface area contributed by atoms with Gasteiger partial charge >= 0.3 is 6.09 Å². The van der Waals surface area contributed by atoms with Gasteiger partial charge < -0.3 is 30.4 Å². The zero-order valence-electron chi connectivity index (χ0n) is 15.2. The van der Waals surface area contributed by atoms with Gasteiger partial charge in [-0.1, -0.05) is 0 Å². The molecule has 2 saturated heterocycles. The fourth-order valence-corrected chi connectivity index (χ4v) is 4.49. The van der Waals surface area contributed by atoms with Crippen molar-refractivity contribution in [3.05, 3.63) is 16.9 Å². The van der Waals surface area contributed by atoms with E-state index in [1.807, 2.05) is 0 Å². The molecule has 0 radical (unpaired) electrons. The number of rotatable bonds is 4. The molecule has 0 bridgehead atoms. The molecule has 9 nitrogen and oxygen atoms in total. The minimum Gasteiger partial charge on any atom is -0.465 e. The van der Waals surface area contributed by atoms with Crippen LogP contribution in [-0.4, -0.2) is 58.9 Å². The van der Waals surface area contributed by atoms with Crippen molar-refractivity contribution >= 4 is 50.3 Å². The average molecular weight is 452 g/mol. The van der Waals surface area contributed by atoms with Gasteiger partial charge in [-0.25, -0.2) is 9.78 Å². The summed E-state index contributed by atoms with van der Waals surface area (Å²) >= 11 is 3.58. The molecule has 2 fully saturated rings. The van der Waals surface area contributed by atoms with Gasteiger partial charge in [0.2, 0.25) is 0 Å². The Morgan fingerprint density at radius 2 is 2.21 bits per heavy atom. The number of carbonyl (C=O) groups excluding carboxylic acids is 1. The Kier molecular flexibility index (Phi) is 5.40. The van der Waals surface area contributed by atoms with E-state index in [1.165, 1.54) is 0 Å². The van der Waals surface area contributed by atoms with E-state index >= 15 is 0 Å². The fourth-order valence-electron chi connectivity index (χ4n) is 3.93. The number of anilines is 2. The summed E-state index contributed by atoms with van der Waals surface area (Å²) in [4.78, 5) is 33.2. The van der Waals surface area contributed by atoms with Gasteiger partial charge in [0.05, 0.1) is 21.2 Å². The minimum atomic E-state index is -1.02. The summed E-state index contributed by atoms with van der Waals surface area (Å²) in [5, 5.41) is 15.4. The lowest BCUT2D eigenvalue weighted by Gasteiger charge is -2.35. The summed E-state index contributed by atoms with van der Waals surface area (Å²) < 4.78 is 6.27. The molecule has 2 aliphatic heterocycles. The molecular weight excluding hydrogens is 430 g/mol. The highest BCUT2D eigenvalue weighted by molar-refractivity contribution is 9.10. The summed E-state index contributed by atoms with van der Waals surface area (Å²) in [7, 11) is 0. The Hall–Kier alpha value is -2.33. The van der Waals surface area contributed by atoms with Crippen molar-refractivity contribution in [3.8, 4) is 0 Å². The highest BCUT2D eigenvalue weighted by atomic mass is 79.9. The van der Waals surface area contributed by atoms with Crippen LogP contribution in [0.15, 0.2) is 16.9 Å². The second-order valence-electron chi connectivity index (χ2n) is 7.11. The van der Waals surface area contributed by atoms with E-state index in [0.717, 1.165) is 47.8 Å². The van der Waals surface area contributed by atoms with Crippen molar-refractivity contribution in [1.29, 1.82) is 0 Å². The van der Waals surface area contributed by atoms with E-state index in [-0.39, 0.29) is 11.9 Å². The second kappa shape index (κ2) is 7.96. The third-order valence-electron chi connectivity index (χ3n) is 5.17. The molecule has 4 heterocycles. The third kappa shape index (κ3) is 3.79. The topological polar surface area (TPSA) is 120 Å². The van der Waals surface area contributed by atoms with E-state index in [4.69, 9.17) is 9.84 Å². The highest BCUT2D eigenvalue weighted by Gasteiger charge is 2.28. The Morgan fingerprint density at radius 1 is 1.36 bits per heavy atom. The fraction of sp³-hybridized carbons (Fsp3) is 0.500. The molecule has 2 aliphatic rings. The number of fused-ring (bicyclic) bond motifs is 1. The van der Waals surface area contributed by atoms with Gasteiger partial charge in [-0.2, -0.15) is 0 Å². The maximum Gasteiger partial charge on any atom is 0.404 e. The van der Waals surface area contributed by atoms with E-state index in [0.29, 0.717) is 24.5 Å². The standard InChI is InChI=1S/C18H22BrN5O4/c19-11-7-20-16-14(12(8-21-16)23-17(25)13-4-2-6-28-13)15(11)24-5-1-3-10(9-24)22-18(26)27/h7-8,10,13,22H,1-6,9H2,(H,20,21)(H,23,25)(H,26,27)/t10-,13+/m1/s1. The number of amides is 2. The van der Waals surface area contributed by atoms with Crippen LogP contribution >= 0.6 is 15.9 Å². The van der Waals surface area contributed by atoms with Crippen LogP contribution in [0.4, 0.5) is 16.2 Å². The van der Waals surface area contributed by atoms with Gasteiger partial charge in [0.15, 0.2) is 0 Å². The lowest BCUT2D eigenvalue weighted by Crippen LogP contribution is -2.47. The lowest BCUT2D eigenvalue weighted by atomic mass is 10.0. The van der Waals surface area contributed by atoms with Crippen LogP contribution in [-0.2, 0) is 9.53 Å². The van der Waals surface area contributed by atoms with Crippen molar-refractivity contribution in [2.24, 2.45) is 0 Å². The molecule has 0 aliphatic carbocycles. The van der Waals surface area contributed by atoms with E-state index in [1.54, 1.807) is 12.4 Å². The monoisotopic (exact) mass is 451 g/mol. The molecule has 2 atom stereocenters. The maximum absolute atomic E-state index is 12.5. The number of pyridine rings is 1. The van der Waals surface area contributed by atoms with Crippen molar-refractivity contribution in [2.45, 2.75) is 37.8 Å². The van der Waals surface area contributed by atoms with E-state index < -0.39 is 12.2 Å². The quantitative estimate of drug-likeness (QED) is 0.567. The van der Waals surface area contributed by atoms with Gasteiger partial charge in [0.25, 0.3) is 5.91 Å². The molecular formula is C18H22BrN5O4. The van der Waals surface area contributed by atoms with Gasteiger partial charge in [-0.15, -0.1) is 0 Å². The summed E-state index contributed by atoms with van der Waals surface area (Å²) in [6.45, 7) is 1.95. The van der Waals surface area contributed by atoms with Crippen molar-refractivity contribution in [2.75, 3.05) is 29.9 Å². The number of nitrogens with one attached hydrogen (secondary N) is 3. The number of carboxylic acid groups (broad SMARTS) is 1. The number of aromatic nitrogens is 2. The molecule has 2 aromatic rings. The first-order valence-corrected chi connectivity index (χ1v) is 10.1. The van der Waals surface area contributed by atoms with E-state index in [9.17, 15) is 9.59 Å². The Bertz CT molecular complexity index is 895. The number of aromatic amines is 1. The van der Waals surface area contributed by atoms with Gasteiger partial charge in [0.1, 0.15) is 11.8 Å². The number of nitrogens with zero attached hydrogens (tertiary/aromatic N) is 2. The van der Waals surface area contributed by atoms with Gasteiger partial charge in [-0.3, -0.25) is 4.79 Å². The number of hydrogen-bond donors (Lipinski definition) is 4. The molecule has 4 N–H and O–H groups in total. The Balaban J connectivity index is 1.65. The average Bonchev–Trinajstić information content (AvgIpc) is 3.32. The number of halogens is 1. The predicted octanol–water partition coefficient (Wildman–Crippen LogP) is 2.68. The Labute approximate surface area is 170 Å². The SMILES string of the molecule is O=C(O)N[C@@H]1CCCN(c2c(Br)cnc3[nH]cc(NC(=O)[C@@H]4CCCO4)c23)C1. The predicted molar refractivity (Wildman–Crippen MR) is 108 cm³/mol. The number of piperidine rings is 1. The normalized spacial score (nSPS) is 22.4. The summed E-state index contributed by atoms with van der Waals surface area (Å²) in [5.41, 5.74) is 2.20. The maximum atomic E-state index is 12.5. The van der Waals surface area contributed by atoms with Crippen molar-refractivity contribution < 1.29 is 19.4 Å². The zero-order valence-corrected chi connectivity index (χ0v) is 16.8. The number of ether oxygens (including phenoxy) is 1. The lowest BCUT2D eigenvalue weighted by molar-refractivity contribution is -0.124. The summed E-state index contributed by atoms with van der Waals surface area (Å²) in [6, 6.07) is -0.148. The molecule has 0 aromatic carbocycles. The van der Waals surface area contributed by atoms with Gasteiger partial charge in [0, 0.05) is 38.1 Å². The zero-order chi connectivity index (χ0) is 19.7. The largest absolute Gasteiger partial charge is 0.465 e. The van der Waals surface area contributed by atoms with Crippen molar-refractivity contribution in [3.63, 3.8) is 0 Å². The summed E-state index contributed by atoms with van der Waals surface area (Å²) in [5.74, 6) is -0.159. The first kappa shape index (κ1) is 19.0. The highest BCUT2D eigenvalue weighted by Crippen LogP contribution is 2.39. The smallest absolute Gasteiger partial charge is 0.404 e. The first-order valence-electron chi connectivity index (χ1n) is 9.35. The van der Waals surface area contributed by atoms with Crippen LogP contribution in [0.3, 0.4) is 0 Å². The third-order valence-corrected chi connectivity index (χ3v) is 5.75. The second-order valence-corrected chi connectivity index (χ2v) is 7.96. The van der Waals surface area contributed by atoms with Crippen LogP contribution in [0, 0.1) is 0 Å². The molecule has 2 amide bonds. The van der Waals surface area contributed by atoms with Crippen LogP contribution in [0.1, 0.15) is 25.7 Å². The molecule has 10 heteroatoms. The molecule has 0 spiro atoms. The van der Waals surface area contributed by atoms with E-state index in [2.05, 4.69) is 41.4 Å². The molecule has 0 unspecified atom stereocenters. The number of hydrogen-bond acceptors (Lipinski definition) is 5. The molecule has 28 heavy (non-hydrogen) atoms. The summed E-state index contributed by atoms with van der Waals surface area (Å²) in [6.07, 6.45) is 5.27.